The SMILES string of the molecule is FC(F)(F)c1cncc(C(S)[C@H]2CCNC2)c1. The lowest BCUT2D eigenvalue weighted by atomic mass is 9.98. The molecule has 1 aromatic rings. The average molecular weight is 262 g/mol. The third kappa shape index (κ3) is 2.93. The van der Waals surface area contributed by atoms with Gasteiger partial charge in [0.1, 0.15) is 0 Å². The van der Waals surface area contributed by atoms with Gasteiger partial charge in [-0.25, -0.2) is 0 Å². The van der Waals surface area contributed by atoms with Crippen molar-refractivity contribution in [3.05, 3.63) is 29.6 Å². The molecule has 1 N–H and O–H groups in total. The van der Waals surface area contributed by atoms with Crippen molar-refractivity contribution in [2.24, 2.45) is 5.92 Å². The summed E-state index contributed by atoms with van der Waals surface area (Å²) in [6.07, 6.45) is -1.10. The maximum absolute atomic E-state index is 12.5. The minimum atomic E-state index is -4.34. The number of aromatic nitrogens is 1. The number of hydrogen-bond donors (Lipinski definition) is 2. The summed E-state index contributed by atoms with van der Waals surface area (Å²) in [6, 6.07) is 1.14. The molecule has 0 bridgehead atoms. The molecule has 1 saturated heterocycles. The van der Waals surface area contributed by atoms with Crippen LogP contribution in [0.2, 0.25) is 0 Å². The van der Waals surface area contributed by atoms with Crippen LogP contribution >= 0.6 is 12.6 Å². The van der Waals surface area contributed by atoms with Crippen molar-refractivity contribution < 1.29 is 13.2 Å². The highest BCUT2D eigenvalue weighted by Crippen LogP contribution is 2.35. The summed E-state index contributed by atoms with van der Waals surface area (Å²) in [4.78, 5) is 3.65. The summed E-state index contributed by atoms with van der Waals surface area (Å²) in [6.45, 7) is 1.69. The standard InChI is InChI=1S/C11H13F3N2S/c12-11(13,14)9-3-8(5-16-6-9)10(17)7-1-2-15-4-7/h3,5-7,10,15,17H,1-2,4H2/t7-,10?/m0/s1. The Morgan fingerprint density at radius 3 is 2.76 bits per heavy atom. The molecule has 1 unspecified atom stereocenters. The van der Waals surface area contributed by atoms with E-state index in [1.807, 2.05) is 0 Å². The fourth-order valence-electron chi connectivity index (χ4n) is 1.99. The van der Waals surface area contributed by atoms with Crippen LogP contribution in [0.5, 0.6) is 0 Å². The molecule has 0 saturated carbocycles. The smallest absolute Gasteiger partial charge is 0.316 e. The topological polar surface area (TPSA) is 24.9 Å². The number of alkyl halides is 3. The van der Waals surface area contributed by atoms with Gasteiger partial charge < -0.3 is 5.32 Å². The first-order valence-electron chi connectivity index (χ1n) is 5.39. The molecule has 17 heavy (non-hydrogen) atoms. The van der Waals surface area contributed by atoms with E-state index >= 15 is 0 Å². The van der Waals surface area contributed by atoms with Gasteiger partial charge in [0.15, 0.2) is 0 Å². The minimum absolute atomic E-state index is 0.195. The van der Waals surface area contributed by atoms with E-state index in [2.05, 4.69) is 22.9 Å². The predicted octanol–water partition coefficient (Wildman–Crippen LogP) is 2.68. The van der Waals surface area contributed by atoms with E-state index in [0.29, 0.717) is 5.56 Å². The molecule has 6 heteroatoms. The van der Waals surface area contributed by atoms with Gasteiger partial charge in [0.05, 0.1) is 5.56 Å². The van der Waals surface area contributed by atoms with Crippen molar-refractivity contribution in [1.82, 2.24) is 10.3 Å². The second-order valence-electron chi connectivity index (χ2n) is 4.20. The molecular weight excluding hydrogens is 249 g/mol. The van der Waals surface area contributed by atoms with Gasteiger partial charge in [-0.15, -0.1) is 0 Å². The fourth-order valence-corrected chi connectivity index (χ4v) is 2.39. The van der Waals surface area contributed by atoms with Crippen molar-refractivity contribution in [2.45, 2.75) is 17.8 Å². The van der Waals surface area contributed by atoms with Crippen LogP contribution in [-0.2, 0) is 6.18 Å². The van der Waals surface area contributed by atoms with Gasteiger partial charge in [-0.3, -0.25) is 4.98 Å². The number of pyridine rings is 1. The van der Waals surface area contributed by atoms with E-state index in [1.54, 1.807) is 0 Å². The zero-order chi connectivity index (χ0) is 12.5. The Hall–Kier alpha value is -0.750. The Kier molecular flexibility index (Phi) is 3.63. The summed E-state index contributed by atoms with van der Waals surface area (Å²) in [7, 11) is 0. The quantitative estimate of drug-likeness (QED) is 0.801. The minimum Gasteiger partial charge on any atom is -0.316 e. The second-order valence-corrected chi connectivity index (χ2v) is 4.76. The van der Waals surface area contributed by atoms with Crippen LogP contribution < -0.4 is 5.32 Å². The van der Waals surface area contributed by atoms with E-state index in [-0.39, 0.29) is 11.2 Å². The Balaban J connectivity index is 2.20. The Bertz CT molecular complexity index is 389. The van der Waals surface area contributed by atoms with E-state index < -0.39 is 11.7 Å². The molecule has 1 aliphatic rings. The van der Waals surface area contributed by atoms with Crippen molar-refractivity contribution in [1.29, 1.82) is 0 Å². The first kappa shape index (κ1) is 12.7. The van der Waals surface area contributed by atoms with Crippen LogP contribution in [-0.4, -0.2) is 18.1 Å². The molecule has 0 radical (unpaired) electrons. The molecule has 2 heterocycles. The third-order valence-electron chi connectivity index (χ3n) is 2.97. The van der Waals surface area contributed by atoms with Gasteiger partial charge in [-0.2, -0.15) is 25.8 Å². The third-order valence-corrected chi connectivity index (χ3v) is 3.69. The zero-order valence-corrected chi connectivity index (χ0v) is 9.93. The molecule has 0 amide bonds. The molecule has 2 nitrogen and oxygen atoms in total. The molecule has 0 spiro atoms. The van der Waals surface area contributed by atoms with E-state index in [9.17, 15) is 13.2 Å². The molecule has 2 atom stereocenters. The highest BCUT2D eigenvalue weighted by molar-refractivity contribution is 7.80. The first-order chi connectivity index (χ1) is 7.98. The van der Waals surface area contributed by atoms with Crippen LogP contribution in [0.3, 0.4) is 0 Å². The van der Waals surface area contributed by atoms with Crippen molar-refractivity contribution in [3.63, 3.8) is 0 Å². The molecular formula is C11H13F3N2S. The van der Waals surface area contributed by atoms with Gasteiger partial charge in [0.25, 0.3) is 0 Å². The Morgan fingerprint density at radius 2 is 2.18 bits per heavy atom. The largest absolute Gasteiger partial charge is 0.417 e. The number of rotatable bonds is 2. The molecule has 0 aliphatic carbocycles. The maximum Gasteiger partial charge on any atom is 0.417 e. The lowest BCUT2D eigenvalue weighted by Gasteiger charge is -2.18. The number of thiol groups is 1. The van der Waals surface area contributed by atoms with E-state index in [4.69, 9.17) is 0 Å². The molecule has 2 rings (SSSR count). The lowest BCUT2D eigenvalue weighted by molar-refractivity contribution is -0.137. The summed E-state index contributed by atoms with van der Waals surface area (Å²) < 4.78 is 37.6. The molecule has 1 aliphatic heterocycles. The van der Waals surface area contributed by atoms with Crippen LogP contribution in [0.4, 0.5) is 13.2 Å². The molecule has 0 aromatic carbocycles. The average Bonchev–Trinajstić information content (AvgIpc) is 2.80. The van der Waals surface area contributed by atoms with Gasteiger partial charge >= 0.3 is 6.18 Å². The number of nitrogens with zero attached hydrogens (tertiary/aromatic N) is 1. The maximum atomic E-state index is 12.5. The van der Waals surface area contributed by atoms with Gasteiger partial charge in [-0.1, -0.05) is 0 Å². The summed E-state index contributed by atoms with van der Waals surface area (Å²) in [5.41, 5.74) is -0.170. The summed E-state index contributed by atoms with van der Waals surface area (Å²) >= 11 is 4.41. The predicted molar refractivity (Wildman–Crippen MR) is 61.9 cm³/mol. The Morgan fingerprint density at radius 1 is 1.41 bits per heavy atom. The van der Waals surface area contributed by atoms with Crippen LogP contribution in [0.25, 0.3) is 0 Å². The Labute approximate surface area is 103 Å². The van der Waals surface area contributed by atoms with Gasteiger partial charge in [0, 0.05) is 17.6 Å². The molecule has 1 fully saturated rings. The van der Waals surface area contributed by atoms with Crippen LogP contribution in [0.15, 0.2) is 18.5 Å². The van der Waals surface area contributed by atoms with Crippen molar-refractivity contribution >= 4 is 12.6 Å². The van der Waals surface area contributed by atoms with Gasteiger partial charge in [-0.05, 0) is 37.1 Å². The van der Waals surface area contributed by atoms with Crippen LogP contribution in [0.1, 0.15) is 22.8 Å². The van der Waals surface area contributed by atoms with E-state index in [1.165, 1.54) is 6.20 Å². The fraction of sp³-hybridized carbons (Fsp3) is 0.545. The monoisotopic (exact) mass is 262 g/mol. The highest BCUT2D eigenvalue weighted by Gasteiger charge is 2.32. The highest BCUT2D eigenvalue weighted by atomic mass is 32.1. The number of nitrogens with one attached hydrogen (secondary N) is 1. The van der Waals surface area contributed by atoms with E-state index in [0.717, 1.165) is 31.8 Å². The molecule has 1 aromatic heterocycles. The van der Waals surface area contributed by atoms with Crippen LogP contribution in [0, 0.1) is 5.92 Å². The number of hydrogen-bond acceptors (Lipinski definition) is 3. The first-order valence-corrected chi connectivity index (χ1v) is 5.91. The van der Waals surface area contributed by atoms with Crippen molar-refractivity contribution in [2.75, 3.05) is 13.1 Å². The summed E-state index contributed by atoms with van der Waals surface area (Å²) in [5.74, 6) is 0.267. The van der Waals surface area contributed by atoms with Crippen molar-refractivity contribution in [3.8, 4) is 0 Å². The summed E-state index contributed by atoms with van der Waals surface area (Å²) in [5, 5.41) is 2.98. The number of halogens is 3. The normalized spacial score (nSPS) is 22.7. The zero-order valence-electron chi connectivity index (χ0n) is 9.04. The second kappa shape index (κ2) is 4.86. The lowest BCUT2D eigenvalue weighted by Crippen LogP contribution is -2.14. The molecule has 94 valence electrons. The van der Waals surface area contributed by atoms with Gasteiger partial charge in [0.2, 0.25) is 0 Å².